The monoisotopic (exact) mass is 807 g/mol. The molecule has 0 aliphatic heterocycles. The zero-order valence-electron chi connectivity index (χ0n) is 38.0. The van der Waals surface area contributed by atoms with E-state index in [0.29, 0.717) is 19.4 Å². The van der Waals surface area contributed by atoms with Gasteiger partial charge in [0.2, 0.25) is 0 Å². The first-order chi connectivity index (χ1) is 28.6. The Morgan fingerprint density at radius 2 is 0.776 bits per heavy atom. The fourth-order valence-electron chi connectivity index (χ4n) is 6.40. The molecule has 5 nitrogen and oxygen atoms in total. The van der Waals surface area contributed by atoms with Crippen molar-refractivity contribution in [3.05, 3.63) is 85.1 Å². The normalized spacial score (nSPS) is 12.9. The third-order valence-corrected chi connectivity index (χ3v) is 9.93. The Bertz CT molecular complexity index is 1090. The topological polar surface area (TPSA) is 61.8 Å². The Kier molecular flexibility index (Phi) is 46.0. The summed E-state index contributed by atoms with van der Waals surface area (Å²) >= 11 is 0. The standard InChI is InChI=1S/C53H90O5/c1-4-7-10-13-16-19-22-24-25-26-27-28-30-33-36-39-42-45-48-56-49-51(58-53(55)47-44-41-38-35-31-21-18-15-12-9-6-3)50-57-52(54)46-43-40-37-34-32-29-23-20-17-14-11-8-5-2/h7-8,10-11,16-17,19-20,24-25,27-29,32,51H,4-6,9,12-15,18,21-23,26,30-31,33-50H2,1-3H3/b10-7-,11-8-,19-16-,20-17-,25-24-,28-27-,32-29-. The van der Waals surface area contributed by atoms with Crippen molar-refractivity contribution >= 4 is 11.9 Å². The third kappa shape index (κ3) is 45.8. The molecule has 0 aromatic carbocycles. The van der Waals surface area contributed by atoms with Crippen LogP contribution in [-0.4, -0.2) is 37.9 Å². The van der Waals surface area contributed by atoms with Gasteiger partial charge in [-0.25, -0.2) is 0 Å². The van der Waals surface area contributed by atoms with Crippen LogP contribution in [0.4, 0.5) is 0 Å². The summed E-state index contributed by atoms with van der Waals surface area (Å²) in [6.45, 7) is 7.52. The second-order valence-electron chi connectivity index (χ2n) is 15.6. The van der Waals surface area contributed by atoms with Crippen molar-refractivity contribution in [3.63, 3.8) is 0 Å². The summed E-state index contributed by atoms with van der Waals surface area (Å²) in [5.74, 6) is -0.444. The van der Waals surface area contributed by atoms with Gasteiger partial charge in [0.05, 0.1) is 6.61 Å². The van der Waals surface area contributed by atoms with Crippen molar-refractivity contribution in [1.82, 2.24) is 0 Å². The van der Waals surface area contributed by atoms with Crippen molar-refractivity contribution in [3.8, 4) is 0 Å². The molecule has 0 aliphatic carbocycles. The largest absolute Gasteiger partial charge is 0.462 e. The van der Waals surface area contributed by atoms with Crippen LogP contribution in [0.5, 0.6) is 0 Å². The smallest absolute Gasteiger partial charge is 0.306 e. The zero-order chi connectivity index (χ0) is 42.1. The van der Waals surface area contributed by atoms with Crippen LogP contribution in [0, 0.1) is 0 Å². The number of rotatable bonds is 43. The fraction of sp³-hybridized carbons (Fsp3) is 0.698. The second-order valence-corrected chi connectivity index (χ2v) is 15.6. The van der Waals surface area contributed by atoms with Gasteiger partial charge in [-0.1, -0.05) is 196 Å². The fourth-order valence-corrected chi connectivity index (χ4v) is 6.40. The van der Waals surface area contributed by atoms with Gasteiger partial charge in [-0.05, 0) is 89.9 Å². The van der Waals surface area contributed by atoms with Crippen molar-refractivity contribution in [2.75, 3.05) is 19.8 Å². The predicted molar refractivity (Wildman–Crippen MR) is 251 cm³/mol. The molecule has 0 aromatic rings. The number of hydrogen-bond acceptors (Lipinski definition) is 5. The molecular weight excluding hydrogens is 717 g/mol. The van der Waals surface area contributed by atoms with E-state index >= 15 is 0 Å². The molecule has 0 spiro atoms. The van der Waals surface area contributed by atoms with Crippen LogP contribution in [0.15, 0.2) is 85.1 Å². The summed E-state index contributed by atoms with van der Waals surface area (Å²) in [5, 5.41) is 0. The number of carbonyl (C=O) groups is 2. The van der Waals surface area contributed by atoms with Gasteiger partial charge in [-0.15, -0.1) is 0 Å². The van der Waals surface area contributed by atoms with Gasteiger partial charge in [0.25, 0.3) is 0 Å². The second kappa shape index (κ2) is 48.4. The lowest BCUT2D eigenvalue weighted by Gasteiger charge is -2.18. The molecule has 0 heterocycles. The molecule has 0 fully saturated rings. The Morgan fingerprint density at radius 1 is 0.397 bits per heavy atom. The Hall–Kier alpha value is -2.92. The maximum absolute atomic E-state index is 12.7. The van der Waals surface area contributed by atoms with Gasteiger partial charge in [0, 0.05) is 19.4 Å². The molecular formula is C53H90O5. The predicted octanol–water partition coefficient (Wildman–Crippen LogP) is 16.1. The van der Waals surface area contributed by atoms with Crippen LogP contribution in [0.2, 0.25) is 0 Å². The molecule has 0 N–H and O–H groups in total. The molecule has 0 saturated heterocycles. The average molecular weight is 807 g/mol. The molecule has 0 bridgehead atoms. The van der Waals surface area contributed by atoms with E-state index in [9.17, 15) is 9.59 Å². The summed E-state index contributed by atoms with van der Waals surface area (Å²) in [7, 11) is 0. The Balaban J connectivity index is 4.32. The maximum Gasteiger partial charge on any atom is 0.306 e. The molecule has 332 valence electrons. The van der Waals surface area contributed by atoms with Crippen LogP contribution in [0.25, 0.3) is 0 Å². The summed E-state index contributed by atoms with van der Waals surface area (Å²) in [6.07, 6.45) is 63.0. The molecule has 1 unspecified atom stereocenters. The van der Waals surface area contributed by atoms with Crippen molar-refractivity contribution in [2.45, 2.75) is 219 Å². The van der Waals surface area contributed by atoms with Crippen molar-refractivity contribution in [2.24, 2.45) is 0 Å². The van der Waals surface area contributed by atoms with E-state index in [1.165, 1.54) is 77.0 Å². The van der Waals surface area contributed by atoms with Crippen LogP contribution < -0.4 is 0 Å². The summed E-state index contributed by atoms with van der Waals surface area (Å²) in [5.41, 5.74) is 0. The van der Waals surface area contributed by atoms with Gasteiger partial charge in [0.1, 0.15) is 6.61 Å². The lowest BCUT2D eigenvalue weighted by molar-refractivity contribution is -0.163. The number of allylic oxidation sites excluding steroid dienone is 14. The first-order valence-electron chi connectivity index (χ1n) is 24.1. The van der Waals surface area contributed by atoms with Gasteiger partial charge in [-0.3, -0.25) is 9.59 Å². The highest BCUT2D eigenvalue weighted by molar-refractivity contribution is 5.70. The zero-order valence-corrected chi connectivity index (χ0v) is 38.0. The highest BCUT2D eigenvalue weighted by Gasteiger charge is 2.17. The summed E-state index contributed by atoms with van der Waals surface area (Å²) in [6, 6.07) is 0. The first-order valence-corrected chi connectivity index (χ1v) is 24.1. The van der Waals surface area contributed by atoms with E-state index in [0.717, 1.165) is 103 Å². The first kappa shape index (κ1) is 55.1. The van der Waals surface area contributed by atoms with E-state index in [-0.39, 0.29) is 25.2 Å². The third-order valence-electron chi connectivity index (χ3n) is 9.93. The minimum atomic E-state index is -0.558. The minimum Gasteiger partial charge on any atom is -0.462 e. The van der Waals surface area contributed by atoms with Gasteiger partial charge in [0.15, 0.2) is 6.10 Å². The van der Waals surface area contributed by atoms with Crippen molar-refractivity contribution in [1.29, 1.82) is 0 Å². The number of hydrogen-bond donors (Lipinski definition) is 0. The highest BCUT2D eigenvalue weighted by atomic mass is 16.6. The number of ether oxygens (including phenoxy) is 3. The number of unbranched alkanes of at least 4 members (excludes halogenated alkanes) is 18. The van der Waals surface area contributed by atoms with Crippen LogP contribution in [-0.2, 0) is 23.8 Å². The molecule has 1 atom stereocenters. The van der Waals surface area contributed by atoms with Gasteiger partial charge >= 0.3 is 11.9 Å². The number of esters is 2. The molecule has 0 aromatic heterocycles. The molecule has 58 heavy (non-hydrogen) atoms. The molecule has 5 heteroatoms. The molecule has 0 amide bonds. The van der Waals surface area contributed by atoms with Crippen LogP contribution in [0.3, 0.4) is 0 Å². The van der Waals surface area contributed by atoms with Crippen LogP contribution >= 0.6 is 0 Å². The maximum atomic E-state index is 12.7. The summed E-state index contributed by atoms with van der Waals surface area (Å²) < 4.78 is 17.3. The van der Waals surface area contributed by atoms with E-state index < -0.39 is 6.10 Å². The van der Waals surface area contributed by atoms with E-state index in [1.54, 1.807) is 0 Å². The molecule has 0 aliphatic rings. The Labute approximate surface area is 359 Å². The molecule has 0 radical (unpaired) electrons. The number of carbonyl (C=O) groups excluding carboxylic acids is 2. The molecule has 0 saturated carbocycles. The Morgan fingerprint density at radius 3 is 1.26 bits per heavy atom. The van der Waals surface area contributed by atoms with Crippen molar-refractivity contribution < 1.29 is 23.8 Å². The average Bonchev–Trinajstić information content (AvgIpc) is 3.22. The SMILES string of the molecule is CC/C=C\C/C=C\C/C=C\C/C=C\CCCCCCCOCC(COC(=O)CCCCC/C=C\C/C=C\C/C=C\CC)OC(=O)CCCCCCCCCCCCC. The van der Waals surface area contributed by atoms with E-state index in [4.69, 9.17) is 14.2 Å². The minimum absolute atomic E-state index is 0.0601. The quantitative estimate of drug-likeness (QED) is 0.0349. The highest BCUT2D eigenvalue weighted by Crippen LogP contribution is 2.13. The lowest BCUT2D eigenvalue weighted by Crippen LogP contribution is -2.30. The van der Waals surface area contributed by atoms with Gasteiger partial charge < -0.3 is 14.2 Å². The van der Waals surface area contributed by atoms with Crippen LogP contribution in [0.1, 0.15) is 213 Å². The molecule has 0 rings (SSSR count). The van der Waals surface area contributed by atoms with E-state index in [2.05, 4.69) is 106 Å². The van der Waals surface area contributed by atoms with Gasteiger partial charge in [-0.2, -0.15) is 0 Å². The van der Waals surface area contributed by atoms with E-state index in [1.807, 2.05) is 0 Å². The lowest BCUT2D eigenvalue weighted by atomic mass is 10.1. The summed E-state index contributed by atoms with van der Waals surface area (Å²) in [4.78, 5) is 25.3.